The molecule has 7 aromatic carbocycles. The smallest absolute Gasteiger partial charge is 0.00820 e. The Labute approximate surface area is 356 Å². The van der Waals surface area contributed by atoms with Gasteiger partial charge in [0.05, 0.1) is 0 Å². The molecule has 0 amide bonds. The molecule has 1 atom stereocenters. The summed E-state index contributed by atoms with van der Waals surface area (Å²) in [6.45, 7) is 4.01. The van der Waals surface area contributed by atoms with Gasteiger partial charge < -0.3 is 0 Å². The minimum Gasteiger partial charge on any atom is -0.0990 e. The van der Waals surface area contributed by atoms with Crippen LogP contribution in [0.4, 0.5) is 0 Å². The average molecular weight is 771 g/mol. The summed E-state index contributed by atoms with van der Waals surface area (Å²) in [6, 6.07) is 62.2. The normalized spacial score (nSPS) is 14.1. The summed E-state index contributed by atoms with van der Waals surface area (Å²) in [7, 11) is 0. The third-order valence-corrected chi connectivity index (χ3v) is 12.0. The van der Waals surface area contributed by atoms with Crippen molar-refractivity contribution in [2.75, 3.05) is 0 Å². The molecule has 0 N–H and O–H groups in total. The highest BCUT2D eigenvalue weighted by molar-refractivity contribution is 6.06. The second-order valence-electron chi connectivity index (χ2n) is 16.0. The number of rotatable bonds is 14. The molecule has 0 saturated heterocycles. The van der Waals surface area contributed by atoms with Gasteiger partial charge >= 0.3 is 0 Å². The third kappa shape index (κ3) is 9.00. The van der Waals surface area contributed by atoms with Gasteiger partial charge in [-0.2, -0.15) is 0 Å². The van der Waals surface area contributed by atoms with Crippen molar-refractivity contribution in [3.63, 3.8) is 0 Å². The predicted molar refractivity (Wildman–Crippen MR) is 258 cm³/mol. The van der Waals surface area contributed by atoms with Gasteiger partial charge in [-0.25, -0.2) is 0 Å². The molecule has 10 rings (SSSR count). The van der Waals surface area contributed by atoms with E-state index < -0.39 is 0 Å². The molecule has 0 radical (unpaired) electrons. The van der Waals surface area contributed by atoms with Crippen molar-refractivity contribution in [1.29, 1.82) is 0 Å². The molecule has 0 aromatic heterocycles. The Kier molecular flexibility index (Phi) is 11.7. The number of hydrogen-bond acceptors (Lipinski definition) is 0. The summed E-state index contributed by atoms with van der Waals surface area (Å²) in [5.41, 5.74) is 20.8. The van der Waals surface area contributed by atoms with E-state index in [2.05, 4.69) is 225 Å². The van der Waals surface area contributed by atoms with Gasteiger partial charge in [0, 0.05) is 0 Å². The van der Waals surface area contributed by atoms with Crippen molar-refractivity contribution in [3.8, 4) is 33.4 Å². The van der Waals surface area contributed by atoms with Gasteiger partial charge in [0.25, 0.3) is 0 Å². The summed E-state index contributed by atoms with van der Waals surface area (Å²) >= 11 is 0. The van der Waals surface area contributed by atoms with Crippen LogP contribution >= 0.6 is 0 Å². The molecule has 60 heavy (non-hydrogen) atoms. The Morgan fingerprint density at radius 1 is 0.583 bits per heavy atom. The van der Waals surface area contributed by atoms with Crippen LogP contribution in [0, 0.1) is 5.92 Å². The average Bonchev–Trinajstić information content (AvgIpc) is 3.62. The largest absolute Gasteiger partial charge is 0.0990 e. The Morgan fingerprint density at radius 3 is 1.97 bits per heavy atom. The molecule has 3 aliphatic carbocycles. The fourth-order valence-electron chi connectivity index (χ4n) is 8.63. The summed E-state index contributed by atoms with van der Waals surface area (Å²) < 4.78 is 0. The summed E-state index contributed by atoms with van der Waals surface area (Å²) in [5.74, 6) is 0.367. The molecular weight excluding hydrogens is 721 g/mol. The second-order valence-corrected chi connectivity index (χ2v) is 16.0. The molecule has 0 nitrogen and oxygen atoms in total. The molecule has 0 spiro atoms. The van der Waals surface area contributed by atoms with Crippen LogP contribution in [0.2, 0.25) is 0 Å². The Balaban J connectivity index is 0.938. The zero-order chi connectivity index (χ0) is 40.5. The van der Waals surface area contributed by atoms with E-state index in [-0.39, 0.29) is 0 Å². The van der Waals surface area contributed by atoms with Gasteiger partial charge in [0.15, 0.2) is 0 Å². The van der Waals surface area contributed by atoms with Crippen LogP contribution in [0.15, 0.2) is 237 Å². The van der Waals surface area contributed by atoms with Crippen LogP contribution in [-0.4, -0.2) is 0 Å². The lowest BCUT2D eigenvalue weighted by molar-refractivity contribution is 0.588. The van der Waals surface area contributed by atoms with Crippen molar-refractivity contribution in [2.24, 2.45) is 5.92 Å². The van der Waals surface area contributed by atoms with Gasteiger partial charge in [0.1, 0.15) is 0 Å². The Bertz CT molecular complexity index is 2720. The fraction of sp³-hybridized carbons (Fsp3) is 0.100. The Morgan fingerprint density at radius 2 is 1.23 bits per heavy atom. The zero-order valence-corrected chi connectivity index (χ0v) is 34.2. The van der Waals surface area contributed by atoms with E-state index in [9.17, 15) is 0 Å². The molecule has 7 aromatic rings. The van der Waals surface area contributed by atoms with Crippen molar-refractivity contribution in [2.45, 2.75) is 32.1 Å². The number of aryl methyl sites for hydroxylation is 1. The fourth-order valence-corrected chi connectivity index (χ4v) is 8.63. The van der Waals surface area contributed by atoms with Gasteiger partial charge in [-0.15, -0.1) is 0 Å². The molecule has 0 saturated carbocycles. The van der Waals surface area contributed by atoms with Crippen LogP contribution in [0.3, 0.4) is 0 Å². The lowest BCUT2D eigenvalue weighted by atomic mass is 9.89. The van der Waals surface area contributed by atoms with Gasteiger partial charge in [-0.1, -0.05) is 207 Å². The van der Waals surface area contributed by atoms with E-state index in [4.69, 9.17) is 0 Å². The highest BCUT2D eigenvalue weighted by atomic mass is 14.3. The Hall–Kier alpha value is -7.02. The summed E-state index contributed by atoms with van der Waals surface area (Å²) in [4.78, 5) is 0. The predicted octanol–water partition coefficient (Wildman–Crippen LogP) is 15.7. The zero-order valence-electron chi connectivity index (χ0n) is 34.2. The number of benzene rings is 6. The van der Waals surface area contributed by atoms with E-state index in [0.29, 0.717) is 5.92 Å². The highest BCUT2D eigenvalue weighted by Gasteiger charge is 2.24. The molecule has 290 valence electrons. The van der Waals surface area contributed by atoms with Crippen LogP contribution in [0.1, 0.15) is 46.2 Å². The first-order valence-electron chi connectivity index (χ1n) is 21.4. The molecule has 3 aliphatic rings. The molecular formula is C60H50. The lowest BCUT2D eigenvalue weighted by Crippen LogP contribution is -2.04. The minimum atomic E-state index is 0.367. The molecule has 0 heterocycles. The van der Waals surface area contributed by atoms with Crippen molar-refractivity contribution < 1.29 is 0 Å². The summed E-state index contributed by atoms with van der Waals surface area (Å²) in [6.07, 6.45) is 25.2. The number of hydrogen-bond donors (Lipinski definition) is 0. The van der Waals surface area contributed by atoms with Gasteiger partial charge in [-0.3, -0.25) is 0 Å². The van der Waals surface area contributed by atoms with Crippen LogP contribution in [-0.2, 0) is 19.3 Å². The molecule has 2 bridgehead atoms. The monoisotopic (exact) mass is 770 g/mol. The van der Waals surface area contributed by atoms with Crippen LogP contribution in [0.5, 0.6) is 0 Å². The topological polar surface area (TPSA) is 0 Å². The second kappa shape index (κ2) is 18.3. The molecule has 0 fully saturated rings. The van der Waals surface area contributed by atoms with Gasteiger partial charge in [-0.05, 0) is 151 Å². The SMILES string of the molecule is C=C/C=C(\C=C/C(CCc1ccc(-c2ccc3c(c2)C2=C(CC=CC(/C=C/Cc4ccccc4)=C2)c2cc-3c2)cc1)Cc1ccc(-c2ccccc2)cc1)c1ccccc1. The van der Waals surface area contributed by atoms with E-state index in [1.165, 1.54) is 89.1 Å². The van der Waals surface area contributed by atoms with E-state index in [0.717, 1.165) is 32.1 Å². The van der Waals surface area contributed by atoms with Gasteiger partial charge in [0.2, 0.25) is 0 Å². The molecule has 0 aliphatic heterocycles. The first-order valence-corrected chi connectivity index (χ1v) is 21.4. The van der Waals surface area contributed by atoms with E-state index in [1.807, 2.05) is 6.08 Å². The summed E-state index contributed by atoms with van der Waals surface area (Å²) in [5, 5.41) is 0. The van der Waals surface area contributed by atoms with E-state index >= 15 is 0 Å². The maximum atomic E-state index is 4.01. The first-order chi connectivity index (χ1) is 29.7. The van der Waals surface area contributed by atoms with Crippen molar-refractivity contribution >= 4 is 16.7 Å². The standard InChI is InChI=1S/C60H50/c1-2-14-49(50-20-8-4-9-21-50)34-29-47(39-48-30-35-52(36-31-48)51-22-10-5-11-23-51)26-25-45-27-32-53(33-28-45)54-37-38-58-56-41-55(42-56)57-24-13-19-46(40-59(57)60(58)43-54)18-12-17-44-15-6-3-7-16-44/h2-16,18-23,27-38,40-43,47H,1,17,24-26,39H2/b18-12+,34-29-,49-14+. The van der Waals surface area contributed by atoms with Crippen LogP contribution < -0.4 is 0 Å². The first kappa shape index (κ1) is 38.5. The molecule has 1 unspecified atom stereocenters. The maximum absolute atomic E-state index is 4.01. The highest BCUT2D eigenvalue weighted by Crippen LogP contribution is 2.46. The van der Waals surface area contributed by atoms with Crippen molar-refractivity contribution in [1.82, 2.24) is 0 Å². The van der Waals surface area contributed by atoms with E-state index in [1.54, 1.807) is 0 Å². The molecule has 0 heteroatoms. The quantitative estimate of drug-likeness (QED) is 0.0966. The number of allylic oxidation sites excluding steroid dienone is 13. The maximum Gasteiger partial charge on any atom is -0.00820 e. The minimum absolute atomic E-state index is 0.367. The lowest BCUT2D eigenvalue weighted by Gasteiger charge is -2.15. The third-order valence-electron chi connectivity index (χ3n) is 12.0. The van der Waals surface area contributed by atoms with Crippen molar-refractivity contribution in [3.05, 3.63) is 270 Å². The van der Waals surface area contributed by atoms with Crippen LogP contribution in [0.25, 0.3) is 50.1 Å².